The second kappa shape index (κ2) is 11.0. The first-order valence-electron chi connectivity index (χ1n) is 13.3. The lowest BCUT2D eigenvalue weighted by molar-refractivity contribution is -0.110. The van der Waals surface area contributed by atoms with Crippen molar-refractivity contribution in [3.63, 3.8) is 0 Å². The molecule has 10 nitrogen and oxygen atoms in total. The van der Waals surface area contributed by atoms with Gasteiger partial charge in [0.1, 0.15) is 0 Å². The lowest BCUT2D eigenvalue weighted by Crippen LogP contribution is -2.49. The van der Waals surface area contributed by atoms with Crippen LogP contribution in [0.5, 0.6) is 0 Å². The van der Waals surface area contributed by atoms with Crippen molar-refractivity contribution in [3.8, 4) is 0 Å². The second-order valence-corrected chi connectivity index (χ2v) is 13.8. The van der Waals surface area contributed by atoms with Crippen molar-refractivity contribution in [2.75, 3.05) is 44.7 Å². The van der Waals surface area contributed by atoms with Crippen LogP contribution in [0.3, 0.4) is 0 Å². The van der Waals surface area contributed by atoms with E-state index in [2.05, 4.69) is 25.3 Å². The maximum Gasteiger partial charge on any atom is 0.280 e. The molecule has 3 saturated heterocycles. The van der Waals surface area contributed by atoms with Crippen molar-refractivity contribution in [3.05, 3.63) is 40.9 Å². The molecular formula is C26H33N5O5S2. The van der Waals surface area contributed by atoms with E-state index in [4.69, 9.17) is 9.57 Å². The Morgan fingerprint density at radius 1 is 1.16 bits per heavy atom. The molecule has 0 bridgehead atoms. The number of piperazine rings is 1. The summed E-state index contributed by atoms with van der Waals surface area (Å²) >= 11 is 1.46. The van der Waals surface area contributed by atoms with E-state index in [-0.39, 0.29) is 22.0 Å². The number of aromatic nitrogens is 1. The van der Waals surface area contributed by atoms with Crippen LogP contribution in [0.1, 0.15) is 42.5 Å². The molecule has 38 heavy (non-hydrogen) atoms. The average molecular weight is 560 g/mol. The van der Waals surface area contributed by atoms with E-state index in [1.54, 1.807) is 12.1 Å². The highest BCUT2D eigenvalue weighted by atomic mass is 32.2. The molecule has 1 aromatic heterocycles. The number of carbonyl (C=O) groups excluding carboxylic acids is 1. The van der Waals surface area contributed by atoms with Crippen LogP contribution in [-0.2, 0) is 30.8 Å². The number of benzene rings is 1. The van der Waals surface area contributed by atoms with Gasteiger partial charge in [0.15, 0.2) is 26.8 Å². The fourth-order valence-corrected chi connectivity index (χ4v) is 7.84. The summed E-state index contributed by atoms with van der Waals surface area (Å²) in [5, 5.41) is 7.25. The first-order chi connectivity index (χ1) is 18.5. The SMILES string of the molecule is O=C(Nc1ncc(CN2CCN3CCC[C@H]3C2)s1)C(=NO[C@@H]1CCOC1)c1ccc(S(=O)(=O)C2CC2)cc1. The van der Waals surface area contributed by atoms with Crippen molar-refractivity contribution in [1.29, 1.82) is 0 Å². The summed E-state index contributed by atoms with van der Waals surface area (Å²) < 4.78 is 30.5. The van der Waals surface area contributed by atoms with Gasteiger partial charge in [0.25, 0.3) is 5.91 Å². The summed E-state index contributed by atoms with van der Waals surface area (Å²) in [6.07, 6.45) is 6.25. The first-order valence-corrected chi connectivity index (χ1v) is 15.7. The summed E-state index contributed by atoms with van der Waals surface area (Å²) in [5.74, 6) is -0.456. The van der Waals surface area contributed by atoms with Crippen LogP contribution in [0.25, 0.3) is 0 Å². The quantitative estimate of drug-likeness (QED) is 0.368. The molecule has 4 heterocycles. The van der Waals surface area contributed by atoms with E-state index >= 15 is 0 Å². The number of ether oxygens (including phenoxy) is 1. The van der Waals surface area contributed by atoms with Crippen molar-refractivity contribution >= 4 is 37.9 Å². The molecule has 0 radical (unpaired) electrons. The summed E-state index contributed by atoms with van der Waals surface area (Å²) in [5.41, 5.74) is 0.545. The van der Waals surface area contributed by atoms with Crippen molar-refractivity contribution in [2.45, 2.75) is 60.9 Å². The molecule has 0 unspecified atom stereocenters. The number of nitrogens with one attached hydrogen (secondary N) is 1. The molecule has 12 heteroatoms. The molecule has 1 amide bonds. The minimum atomic E-state index is -3.32. The summed E-state index contributed by atoms with van der Waals surface area (Å²) in [7, 11) is -3.32. The number of carbonyl (C=O) groups is 1. The third kappa shape index (κ3) is 5.79. The Morgan fingerprint density at radius 3 is 2.76 bits per heavy atom. The lowest BCUT2D eigenvalue weighted by atomic mass is 10.1. The van der Waals surface area contributed by atoms with Gasteiger partial charge < -0.3 is 9.57 Å². The van der Waals surface area contributed by atoms with Crippen LogP contribution in [0, 0.1) is 0 Å². The molecule has 4 fully saturated rings. The molecule has 3 aliphatic heterocycles. The minimum Gasteiger partial charge on any atom is -0.389 e. The van der Waals surface area contributed by atoms with Crippen LogP contribution in [0.15, 0.2) is 40.5 Å². The Morgan fingerprint density at radius 2 is 2.00 bits per heavy atom. The van der Waals surface area contributed by atoms with Gasteiger partial charge in [-0.15, -0.1) is 11.3 Å². The Balaban J connectivity index is 1.14. The fraction of sp³-hybridized carbons (Fsp3) is 0.577. The van der Waals surface area contributed by atoms with E-state index in [9.17, 15) is 13.2 Å². The zero-order valence-corrected chi connectivity index (χ0v) is 22.9. The van der Waals surface area contributed by atoms with E-state index in [1.807, 2.05) is 6.20 Å². The van der Waals surface area contributed by atoms with E-state index in [0.29, 0.717) is 49.2 Å². The van der Waals surface area contributed by atoms with Gasteiger partial charge in [0.2, 0.25) is 0 Å². The number of sulfone groups is 1. The Labute approximate surface area is 226 Å². The van der Waals surface area contributed by atoms with Crippen LogP contribution >= 0.6 is 11.3 Å². The number of nitrogens with zero attached hydrogens (tertiary/aromatic N) is 4. The molecule has 2 aromatic rings. The van der Waals surface area contributed by atoms with E-state index in [1.165, 1.54) is 42.9 Å². The smallest absolute Gasteiger partial charge is 0.280 e. The average Bonchev–Trinajstić information content (AvgIpc) is 3.25. The molecule has 0 spiro atoms. The second-order valence-electron chi connectivity index (χ2n) is 10.5. The Hall–Kier alpha value is -2.38. The normalized spacial score (nSPS) is 24.9. The molecule has 4 aliphatic rings. The van der Waals surface area contributed by atoms with Gasteiger partial charge in [0, 0.05) is 55.3 Å². The maximum atomic E-state index is 13.3. The molecule has 1 saturated carbocycles. The molecule has 6 rings (SSSR count). The van der Waals surface area contributed by atoms with Gasteiger partial charge >= 0.3 is 0 Å². The third-order valence-electron chi connectivity index (χ3n) is 7.64. The zero-order valence-electron chi connectivity index (χ0n) is 21.3. The van der Waals surface area contributed by atoms with Crippen LogP contribution in [0.2, 0.25) is 0 Å². The van der Waals surface area contributed by atoms with Crippen LogP contribution in [0.4, 0.5) is 5.13 Å². The van der Waals surface area contributed by atoms with E-state index in [0.717, 1.165) is 31.1 Å². The molecule has 2 atom stereocenters. The summed E-state index contributed by atoms with van der Waals surface area (Å²) in [6.45, 7) is 6.28. The molecule has 1 N–H and O–H groups in total. The van der Waals surface area contributed by atoms with Crippen LogP contribution in [-0.4, -0.2) is 91.6 Å². The minimum absolute atomic E-state index is 0.0707. The third-order valence-corrected chi connectivity index (χ3v) is 10.8. The van der Waals surface area contributed by atoms with Crippen molar-refractivity contribution in [1.82, 2.24) is 14.8 Å². The van der Waals surface area contributed by atoms with Gasteiger partial charge in [-0.2, -0.15) is 0 Å². The van der Waals surface area contributed by atoms with E-state index < -0.39 is 15.7 Å². The predicted molar refractivity (Wildman–Crippen MR) is 144 cm³/mol. The predicted octanol–water partition coefficient (Wildman–Crippen LogP) is 2.51. The topological polar surface area (TPSA) is 113 Å². The van der Waals surface area contributed by atoms with Gasteiger partial charge in [-0.1, -0.05) is 17.3 Å². The molecular weight excluding hydrogens is 526 g/mol. The zero-order chi connectivity index (χ0) is 26.1. The van der Waals surface area contributed by atoms with Gasteiger partial charge in [0.05, 0.1) is 23.4 Å². The summed E-state index contributed by atoms with van der Waals surface area (Å²) in [4.78, 5) is 29.8. The number of fused-ring (bicyclic) bond motifs is 1. The van der Waals surface area contributed by atoms with Gasteiger partial charge in [-0.3, -0.25) is 19.9 Å². The molecule has 204 valence electrons. The Bertz CT molecular complexity index is 1290. The molecule has 1 aliphatic carbocycles. The van der Waals surface area contributed by atoms with Crippen LogP contribution < -0.4 is 5.32 Å². The highest BCUT2D eigenvalue weighted by Crippen LogP contribution is 2.33. The summed E-state index contributed by atoms with van der Waals surface area (Å²) in [6, 6.07) is 6.95. The maximum absolute atomic E-state index is 13.3. The number of amides is 1. The fourth-order valence-electron chi connectivity index (χ4n) is 5.34. The van der Waals surface area contributed by atoms with Crippen molar-refractivity contribution in [2.24, 2.45) is 5.16 Å². The first kappa shape index (κ1) is 25.9. The number of hydrogen-bond acceptors (Lipinski definition) is 10. The number of oxime groups is 1. The standard InChI is InChI=1S/C26H33N5O5S2/c32-25(28-26-27-14-21(37-26)16-30-11-12-31-10-1-2-19(31)15-30)24(29-36-20-9-13-35-17-20)18-3-5-22(6-4-18)38(33,34)23-7-8-23/h3-6,14,19-20,23H,1-2,7-13,15-17H2,(H,27,28,32)/t19-,20+/m0/s1. The number of hydrogen-bond donors (Lipinski definition) is 1. The number of thiazole rings is 1. The largest absolute Gasteiger partial charge is 0.389 e. The van der Waals surface area contributed by atoms with Crippen molar-refractivity contribution < 1.29 is 22.8 Å². The highest BCUT2D eigenvalue weighted by molar-refractivity contribution is 7.92. The molecule has 1 aromatic carbocycles. The van der Waals surface area contributed by atoms with Gasteiger partial charge in [-0.25, -0.2) is 13.4 Å². The van der Waals surface area contributed by atoms with Gasteiger partial charge in [-0.05, 0) is 44.4 Å². The number of anilines is 1. The number of rotatable bonds is 9. The Kier molecular flexibility index (Phi) is 7.50. The lowest BCUT2D eigenvalue weighted by Gasteiger charge is -2.37. The monoisotopic (exact) mass is 559 g/mol. The highest BCUT2D eigenvalue weighted by Gasteiger charge is 2.37.